The van der Waals surface area contributed by atoms with Crippen molar-refractivity contribution in [1.82, 2.24) is 5.32 Å². The number of aliphatic hydroxyl groups excluding tert-OH is 1. The smallest absolute Gasteiger partial charge is 0.140 e. The van der Waals surface area contributed by atoms with Crippen LogP contribution in [0.4, 0.5) is 0 Å². The van der Waals surface area contributed by atoms with Gasteiger partial charge >= 0.3 is 0 Å². The highest BCUT2D eigenvalue weighted by Crippen LogP contribution is 2.23. The van der Waals surface area contributed by atoms with E-state index in [2.05, 4.69) is 5.32 Å². The van der Waals surface area contributed by atoms with Gasteiger partial charge in [-0.1, -0.05) is 6.92 Å². The average Bonchev–Trinajstić information content (AvgIpc) is 2.03. The lowest BCUT2D eigenvalue weighted by atomic mass is 9.81. The summed E-state index contributed by atoms with van der Waals surface area (Å²) in [6.07, 6.45) is 1.61. The van der Waals surface area contributed by atoms with Crippen LogP contribution in [0.5, 0.6) is 0 Å². The Morgan fingerprint density at radius 3 is 2.75 bits per heavy atom. The van der Waals surface area contributed by atoms with Gasteiger partial charge in [0.2, 0.25) is 0 Å². The molecule has 1 fully saturated rings. The largest absolute Gasteiger partial charge is 0.392 e. The average molecular weight is 171 g/mol. The molecule has 0 radical (unpaired) electrons. The SMILES string of the molecule is CCC1C(=O)CC(NC)CC1O. The van der Waals surface area contributed by atoms with Crippen LogP contribution in [-0.4, -0.2) is 30.1 Å². The highest BCUT2D eigenvalue weighted by Gasteiger charge is 2.33. The molecule has 0 aromatic carbocycles. The first-order valence-corrected chi connectivity index (χ1v) is 4.57. The Bertz CT molecular complexity index is 170. The molecule has 0 bridgehead atoms. The van der Waals surface area contributed by atoms with Crippen LogP contribution < -0.4 is 5.32 Å². The molecule has 1 rings (SSSR count). The van der Waals surface area contributed by atoms with Gasteiger partial charge in [-0.15, -0.1) is 0 Å². The Morgan fingerprint density at radius 2 is 2.33 bits per heavy atom. The number of carbonyl (C=O) groups excluding carboxylic acids is 1. The molecule has 0 saturated heterocycles. The zero-order valence-electron chi connectivity index (χ0n) is 7.71. The van der Waals surface area contributed by atoms with E-state index in [0.717, 1.165) is 6.42 Å². The van der Waals surface area contributed by atoms with Crippen LogP contribution in [-0.2, 0) is 4.79 Å². The Hall–Kier alpha value is -0.410. The van der Waals surface area contributed by atoms with Crippen molar-refractivity contribution in [3.05, 3.63) is 0 Å². The first-order chi connectivity index (χ1) is 5.69. The lowest BCUT2D eigenvalue weighted by molar-refractivity contribution is -0.130. The van der Waals surface area contributed by atoms with Gasteiger partial charge in [0.25, 0.3) is 0 Å². The maximum absolute atomic E-state index is 11.4. The number of nitrogens with one attached hydrogen (secondary N) is 1. The minimum Gasteiger partial charge on any atom is -0.392 e. The maximum atomic E-state index is 11.4. The van der Waals surface area contributed by atoms with Crippen LogP contribution in [0.25, 0.3) is 0 Å². The van der Waals surface area contributed by atoms with Gasteiger partial charge in [-0.25, -0.2) is 0 Å². The second-order valence-corrected chi connectivity index (χ2v) is 3.47. The van der Waals surface area contributed by atoms with E-state index in [1.165, 1.54) is 0 Å². The Labute approximate surface area is 73.2 Å². The van der Waals surface area contributed by atoms with Crippen LogP contribution in [0.1, 0.15) is 26.2 Å². The van der Waals surface area contributed by atoms with E-state index < -0.39 is 6.10 Å². The summed E-state index contributed by atoms with van der Waals surface area (Å²) in [5.41, 5.74) is 0. The number of rotatable bonds is 2. The van der Waals surface area contributed by atoms with E-state index in [-0.39, 0.29) is 17.7 Å². The maximum Gasteiger partial charge on any atom is 0.140 e. The van der Waals surface area contributed by atoms with Crippen molar-refractivity contribution in [3.8, 4) is 0 Å². The van der Waals surface area contributed by atoms with Gasteiger partial charge in [-0.05, 0) is 19.9 Å². The summed E-state index contributed by atoms with van der Waals surface area (Å²) in [4.78, 5) is 11.4. The third-order valence-electron chi connectivity index (χ3n) is 2.70. The van der Waals surface area contributed by atoms with E-state index in [4.69, 9.17) is 0 Å². The molecule has 3 nitrogen and oxygen atoms in total. The fourth-order valence-corrected chi connectivity index (χ4v) is 1.87. The molecule has 0 heterocycles. The lowest BCUT2D eigenvalue weighted by Crippen LogP contribution is -2.43. The predicted octanol–water partition coefficient (Wildman–Crippen LogP) is 0.324. The summed E-state index contributed by atoms with van der Waals surface area (Å²) in [6, 6.07) is 0.176. The summed E-state index contributed by atoms with van der Waals surface area (Å²) in [5.74, 6) is 0.0881. The van der Waals surface area contributed by atoms with Crippen molar-refractivity contribution in [1.29, 1.82) is 0 Å². The minimum atomic E-state index is -0.436. The Balaban J connectivity index is 2.57. The van der Waals surface area contributed by atoms with E-state index in [1.807, 2.05) is 14.0 Å². The topological polar surface area (TPSA) is 49.3 Å². The molecule has 0 aromatic rings. The van der Waals surface area contributed by atoms with Crippen LogP contribution >= 0.6 is 0 Å². The fourth-order valence-electron chi connectivity index (χ4n) is 1.87. The number of Topliss-reactive ketones (excluding diaryl/α,β-unsaturated/α-hetero) is 1. The molecule has 0 aromatic heterocycles. The van der Waals surface area contributed by atoms with Gasteiger partial charge in [-0.2, -0.15) is 0 Å². The quantitative estimate of drug-likeness (QED) is 0.629. The van der Waals surface area contributed by atoms with Crippen LogP contribution in [0, 0.1) is 5.92 Å². The highest BCUT2D eigenvalue weighted by atomic mass is 16.3. The summed E-state index contributed by atoms with van der Waals surface area (Å²) < 4.78 is 0. The standard InChI is InChI=1S/C9H17NO2/c1-3-7-8(11)4-6(10-2)5-9(7)12/h6-8,10-11H,3-5H2,1-2H3. The minimum absolute atomic E-state index is 0.116. The molecule has 70 valence electrons. The molecule has 0 spiro atoms. The predicted molar refractivity (Wildman–Crippen MR) is 46.9 cm³/mol. The lowest BCUT2D eigenvalue weighted by Gasteiger charge is -2.31. The molecule has 3 heteroatoms. The zero-order chi connectivity index (χ0) is 9.14. The fraction of sp³-hybridized carbons (Fsp3) is 0.889. The molecule has 3 unspecified atom stereocenters. The highest BCUT2D eigenvalue weighted by molar-refractivity contribution is 5.83. The van der Waals surface area contributed by atoms with E-state index >= 15 is 0 Å². The molecule has 1 aliphatic carbocycles. The van der Waals surface area contributed by atoms with E-state index in [1.54, 1.807) is 0 Å². The monoisotopic (exact) mass is 171 g/mol. The molecule has 3 atom stereocenters. The van der Waals surface area contributed by atoms with Gasteiger partial charge < -0.3 is 10.4 Å². The summed E-state index contributed by atoms with van der Waals surface area (Å²) in [6.45, 7) is 1.95. The van der Waals surface area contributed by atoms with Gasteiger partial charge in [-0.3, -0.25) is 4.79 Å². The zero-order valence-corrected chi connectivity index (χ0v) is 7.71. The van der Waals surface area contributed by atoms with E-state index in [0.29, 0.717) is 12.8 Å². The van der Waals surface area contributed by atoms with Crippen molar-refractivity contribution in [2.45, 2.75) is 38.3 Å². The van der Waals surface area contributed by atoms with Gasteiger partial charge in [0, 0.05) is 18.4 Å². The number of hydrogen-bond acceptors (Lipinski definition) is 3. The van der Waals surface area contributed by atoms with E-state index in [9.17, 15) is 9.90 Å². The second-order valence-electron chi connectivity index (χ2n) is 3.47. The molecule has 0 aliphatic heterocycles. The summed E-state index contributed by atoms with van der Waals surface area (Å²) >= 11 is 0. The normalized spacial score (nSPS) is 36.9. The van der Waals surface area contributed by atoms with Crippen molar-refractivity contribution < 1.29 is 9.90 Å². The van der Waals surface area contributed by atoms with Crippen molar-refractivity contribution in [2.75, 3.05) is 7.05 Å². The molecule has 12 heavy (non-hydrogen) atoms. The first kappa shape index (κ1) is 9.68. The Kier molecular flexibility index (Phi) is 3.23. The van der Waals surface area contributed by atoms with Crippen molar-refractivity contribution in [2.24, 2.45) is 5.92 Å². The third kappa shape index (κ3) is 1.84. The van der Waals surface area contributed by atoms with Gasteiger partial charge in [0.15, 0.2) is 0 Å². The number of ketones is 1. The molecular formula is C9H17NO2. The summed E-state index contributed by atoms with van der Waals surface area (Å²) in [5, 5.41) is 12.6. The molecular weight excluding hydrogens is 154 g/mol. The Morgan fingerprint density at radius 1 is 1.67 bits per heavy atom. The van der Waals surface area contributed by atoms with Crippen molar-refractivity contribution in [3.63, 3.8) is 0 Å². The van der Waals surface area contributed by atoms with Crippen LogP contribution in [0.3, 0.4) is 0 Å². The molecule has 1 aliphatic rings. The molecule has 1 saturated carbocycles. The van der Waals surface area contributed by atoms with Crippen LogP contribution in [0.2, 0.25) is 0 Å². The number of aliphatic hydroxyl groups is 1. The van der Waals surface area contributed by atoms with Crippen molar-refractivity contribution >= 4 is 5.78 Å². The number of carbonyl (C=O) groups is 1. The third-order valence-corrected chi connectivity index (χ3v) is 2.70. The van der Waals surface area contributed by atoms with Gasteiger partial charge in [0.1, 0.15) is 5.78 Å². The van der Waals surface area contributed by atoms with Crippen LogP contribution in [0.15, 0.2) is 0 Å². The molecule has 2 N–H and O–H groups in total. The summed E-state index contributed by atoms with van der Waals surface area (Å²) in [7, 11) is 1.83. The number of hydrogen-bond donors (Lipinski definition) is 2. The second kappa shape index (κ2) is 4.01. The van der Waals surface area contributed by atoms with Gasteiger partial charge in [0.05, 0.1) is 6.10 Å². The molecule has 0 amide bonds. The first-order valence-electron chi connectivity index (χ1n) is 4.57.